The van der Waals surface area contributed by atoms with Crippen LogP contribution in [-0.2, 0) is 10.0 Å². The van der Waals surface area contributed by atoms with Gasteiger partial charge in [0.2, 0.25) is 10.0 Å². The van der Waals surface area contributed by atoms with Gasteiger partial charge in [-0.25, -0.2) is 13.1 Å². The zero-order chi connectivity index (χ0) is 15.6. The van der Waals surface area contributed by atoms with Gasteiger partial charge in [-0.3, -0.25) is 10.1 Å². The SMILES string of the molecule is COc1ccc(S(=O)(=O)NC2CCCC2Br)c([N+](=O)[O-])c1. The highest BCUT2D eigenvalue weighted by Crippen LogP contribution is 2.31. The quantitative estimate of drug-likeness (QED) is 0.481. The van der Waals surface area contributed by atoms with Crippen LogP contribution < -0.4 is 9.46 Å². The number of nitro groups is 1. The van der Waals surface area contributed by atoms with Crippen molar-refractivity contribution in [3.05, 3.63) is 28.3 Å². The van der Waals surface area contributed by atoms with Crippen LogP contribution in [-0.4, -0.2) is 31.3 Å². The molecule has 1 aromatic rings. The normalized spacial score (nSPS) is 22.2. The molecule has 1 aliphatic carbocycles. The predicted molar refractivity (Wildman–Crippen MR) is 80.3 cm³/mol. The zero-order valence-corrected chi connectivity index (χ0v) is 13.7. The van der Waals surface area contributed by atoms with Crippen LogP contribution >= 0.6 is 15.9 Å². The number of alkyl halides is 1. The van der Waals surface area contributed by atoms with E-state index in [1.165, 1.54) is 19.2 Å². The molecule has 1 aliphatic rings. The van der Waals surface area contributed by atoms with Crippen molar-refractivity contribution in [3.8, 4) is 5.75 Å². The van der Waals surface area contributed by atoms with Crippen molar-refractivity contribution >= 4 is 31.6 Å². The van der Waals surface area contributed by atoms with Gasteiger partial charge in [0.05, 0.1) is 18.1 Å². The summed E-state index contributed by atoms with van der Waals surface area (Å²) in [5, 5.41) is 11.1. The summed E-state index contributed by atoms with van der Waals surface area (Å²) < 4.78 is 32.2. The molecule has 1 N–H and O–H groups in total. The largest absolute Gasteiger partial charge is 0.497 e. The highest BCUT2D eigenvalue weighted by Gasteiger charge is 2.33. The molecule has 0 saturated heterocycles. The van der Waals surface area contributed by atoms with Crippen LogP contribution in [0.2, 0.25) is 0 Å². The van der Waals surface area contributed by atoms with Gasteiger partial charge in [-0.05, 0) is 25.0 Å². The molecule has 0 radical (unpaired) electrons. The van der Waals surface area contributed by atoms with Crippen molar-refractivity contribution in [2.75, 3.05) is 7.11 Å². The third-order valence-corrected chi connectivity index (χ3v) is 6.02. The van der Waals surface area contributed by atoms with Crippen LogP contribution in [0.25, 0.3) is 0 Å². The number of hydrogen-bond donors (Lipinski definition) is 1. The number of nitrogens with one attached hydrogen (secondary N) is 1. The van der Waals surface area contributed by atoms with Gasteiger partial charge >= 0.3 is 0 Å². The van der Waals surface area contributed by atoms with Gasteiger partial charge in [0, 0.05) is 10.9 Å². The molecular weight excluding hydrogens is 364 g/mol. The Morgan fingerprint density at radius 3 is 2.67 bits per heavy atom. The Hall–Kier alpha value is -1.19. The fourth-order valence-corrected chi connectivity index (χ4v) is 4.66. The Balaban J connectivity index is 2.37. The number of rotatable bonds is 5. The highest BCUT2D eigenvalue weighted by atomic mass is 79.9. The monoisotopic (exact) mass is 378 g/mol. The number of ether oxygens (including phenoxy) is 1. The Kier molecular flexibility index (Phi) is 4.84. The summed E-state index contributed by atoms with van der Waals surface area (Å²) in [7, 11) is -2.59. The summed E-state index contributed by atoms with van der Waals surface area (Å²) >= 11 is 3.42. The summed E-state index contributed by atoms with van der Waals surface area (Å²) in [5.74, 6) is 0.236. The van der Waals surface area contributed by atoms with E-state index in [9.17, 15) is 18.5 Å². The summed E-state index contributed by atoms with van der Waals surface area (Å²) in [6.07, 6.45) is 2.49. The van der Waals surface area contributed by atoms with E-state index in [1.54, 1.807) is 0 Å². The fraction of sp³-hybridized carbons (Fsp3) is 0.500. The molecule has 0 heterocycles. The molecule has 0 amide bonds. The standard InChI is InChI=1S/C12H15BrN2O5S/c1-20-8-5-6-12(11(7-8)15(16)17)21(18,19)14-10-4-2-3-9(10)13/h5-7,9-10,14H,2-4H2,1H3. The molecule has 2 atom stereocenters. The zero-order valence-electron chi connectivity index (χ0n) is 11.3. The minimum absolute atomic E-state index is 0.0459. The third kappa shape index (κ3) is 3.53. The number of nitro benzene ring substituents is 1. The first-order chi connectivity index (χ1) is 9.85. The molecule has 7 nitrogen and oxygen atoms in total. The average molecular weight is 379 g/mol. The summed E-state index contributed by atoms with van der Waals surface area (Å²) in [6.45, 7) is 0. The molecule has 1 aromatic carbocycles. The summed E-state index contributed by atoms with van der Waals surface area (Å²) in [5.41, 5.74) is -0.494. The van der Waals surface area contributed by atoms with Crippen molar-refractivity contribution in [1.82, 2.24) is 4.72 Å². The van der Waals surface area contributed by atoms with Gasteiger partial charge in [-0.15, -0.1) is 0 Å². The van der Waals surface area contributed by atoms with E-state index < -0.39 is 20.6 Å². The maximum Gasteiger partial charge on any atom is 0.293 e. The summed E-state index contributed by atoms with van der Waals surface area (Å²) in [4.78, 5) is 10.1. The van der Waals surface area contributed by atoms with Crippen LogP contribution in [0.1, 0.15) is 19.3 Å². The van der Waals surface area contributed by atoms with E-state index in [-0.39, 0.29) is 21.5 Å². The summed E-state index contributed by atoms with van der Waals surface area (Å²) in [6, 6.07) is 3.44. The third-order valence-electron chi connectivity index (χ3n) is 3.39. The molecule has 116 valence electrons. The first-order valence-corrected chi connectivity index (χ1v) is 8.74. The van der Waals surface area contributed by atoms with Crippen molar-refractivity contribution in [3.63, 3.8) is 0 Å². The molecule has 1 saturated carbocycles. The number of sulfonamides is 1. The van der Waals surface area contributed by atoms with E-state index >= 15 is 0 Å². The van der Waals surface area contributed by atoms with Gasteiger partial charge in [0.1, 0.15) is 5.75 Å². The number of nitrogens with zero attached hydrogens (tertiary/aromatic N) is 1. The van der Waals surface area contributed by atoms with Crippen LogP contribution in [0.3, 0.4) is 0 Å². The van der Waals surface area contributed by atoms with E-state index in [0.717, 1.165) is 18.9 Å². The first-order valence-electron chi connectivity index (χ1n) is 6.34. The molecule has 0 spiro atoms. The Bertz CT molecular complexity index is 649. The lowest BCUT2D eigenvalue weighted by atomic mass is 10.3. The van der Waals surface area contributed by atoms with Crippen LogP contribution in [0.15, 0.2) is 23.1 Å². The second kappa shape index (κ2) is 6.29. The van der Waals surface area contributed by atoms with Crippen molar-refractivity contribution in [2.24, 2.45) is 0 Å². The molecule has 2 rings (SSSR count). The van der Waals surface area contributed by atoms with Gasteiger partial charge in [-0.2, -0.15) is 0 Å². The van der Waals surface area contributed by atoms with Crippen molar-refractivity contribution < 1.29 is 18.1 Å². The molecule has 1 fully saturated rings. The number of hydrogen-bond acceptors (Lipinski definition) is 5. The van der Waals surface area contributed by atoms with Crippen molar-refractivity contribution in [2.45, 2.75) is 35.0 Å². The molecule has 0 aromatic heterocycles. The average Bonchev–Trinajstić information content (AvgIpc) is 2.82. The molecule has 9 heteroatoms. The fourth-order valence-electron chi connectivity index (χ4n) is 2.30. The first kappa shape index (κ1) is 16.2. The van der Waals surface area contributed by atoms with E-state index in [4.69, 9.17) is 4.74 Å². The Labute approximate surface area is 131 Å². The van der Waals surface area contributed by atoms with E-state index in [1.807, 2.05) is 0 Å². The second-order valence-corrected chi connectivity index (χ2v) is 7.62. The van der Waals surface area contributed by atoms with Crippen LogP contribution in [0.5, 0.6) is 5.75 Å². The number of halogens is 1. The van der Waals surface area contributed by atoms with Gasteiger partial charge in [-0.1, -0.05) is 22.4 Å². The maximum absolute atomic E-state index is 12.4. The lowest BCUT2D eigenvalue weighted by molar-refractivity contribution is -0.387. The van der Waals surface area contributed by atoms with E-state index in [0.29, 0.717) is 6.42 Å². The predicted octanol–water partition coefficient (Wildman–Crippen LogP) is 2.20. The number of benzene rings is 1. The van der Waals surface area contributed by atoms with Gasteiger partial charge in [0.25, 0.3) is 5.69 Å². The maximum atomic E-state index is 12.4. The highest BCUT2D eigenvalue weighted by molar-refractivity contribution is 9.09. The molecular formula is C12H15BrN2O5S. The Morgan fingerprint density at radius 2 is 2.14 bits per heavy atom. The molecule has 21 heavy (non-hydrogen) atoms. The van der Waals surface area contributed by atoms with Crippen molar-refractivity contribution in [1.29, 1.82) is 0 Å². The van der Waals surface area contributed by atoms with Crippen LogP contribution in [0, 0.1) is 10.1 Å². The molecule has 0 aliphatic heterocycles. The topological polar surface area (TPSA) is 98.5 Å². The lowest BCUT2D eigenvalue weighted by Gasteiger charge is -2.16. The Morgan fingerprint density at radius 1 is 1.43 bits per heavy atom. The van der Waals surface area contributed by atoms with E-state index in [2.05, 4.69) is 20.7 Å². The van der Waals surface area contributed by atoms with Gasteiger partial charge < -0.3 is 4.74 Å². The van der Waals surface area contributed by atoms with Crippen LogP contribution in [0.4, 0.5) is 5.69 Å². The van der Waals surface area contributed by atoms with Gasteiger partial charge in [0.15, 0.2) is 4.90 Å². The smallest absolute Gasteiger partial charge is 0.293 e. The minimum atomic E-state index is -3.95. The number of methoxy groups -OCH3 is 1. The molecule has 2 unspecified atom stereocenters. The lowest BCUT2D eigenvalue weighted by Crippen LogP contribution is -2.37. The molecule has 0 bridgehead atoms. The minimum Gasteiger partial charge on any atom is -0.497 e. The second-order valence-electron chi connectivity index (χ2n) is 4.77.